The van der Waals surface area contributed by atoms with Gasteiger partial charge in [0.2, 0.25) is 0 Å². The highest BCUT2D eigenvalue weighted by Gasteiger charge is 2.17. The van der Waals surface area contributed by atoms with Crippen LogP contribution >= 0.6 is 11.6 Å². The maximum absolute atomic E-state index is 10.7. The van der Waals surface area contributed by atoms with Gasteiger partial charge in [-0.1, -0.05) is 18.5 Å². The summed E-state index contributed by atoms with van der Waals surface area (Å²) in [6.45, 7) is 3.74. The fourth-order valence-corrected chi connectivity index (χ4v) is 2.05. The molecule has 0 fully saturated rings. The van der Waals surface area contributed by atoms with Crippen LogP contribution in [0.2, 0.25) is 5.02 Å². The van der Waals surface area contributed by atoms with Crippen molar-refractivity contribution >= 4 is 17.6 Å². The maximum Gasteiger partial charge on any atom is 0.303 e. The first-order valence-corrected chi connectivity index (χ1v) is 5.39. The smallest absolute Gasteiger partial charge is 0.303 e. The number of hydrogen-bond acceptors (Lipinski definition) is 2. The fourth-order valence-electron chi connectivity index (χ4n) is 1.77. The van der Waals surface area contributed by atoms with E-state index in [-0.39, 0.29) is 12.3 Å². The number of halogens is 1. The van der Waals surface area contributed by atoms with E-state index in [1.54, 1.807) is 19.2 Å². The van der Waals surface area contributed by atoms with E-state index in [9.17, 15) is 4.79 Å². The number of carboxylic acids is 1. The molecule has 0 aliphatic rings. The lowest BCUT2D eigenvalue weighted by molar-refractivity contribution is -0.137. The van der Waals surface area contributed by atoms with Gasteiger partial charge in [0.1, 0.15) is 5.75 Å². The Morgan fingerprint density at radius 3 is 2.69 bits per heavy atom. The molecule has 1 aromatic rings. The van der Waals surface area contributed by atoms with Crippen molar-refractivity contribution in [2.75, 3.05) is 7.11 Å². The molecular formula is C12H15ClO3. The highest BCUT2D eigenvalue weighted by molar-refractivity contribution is 6.30. The number of ether oxygens (including phenoxy) is 1. The van der Waals surface area contributed by atoms with Crippen LogP contribution in [0.5, 0.6) is 5.75 Å². The Balaban J connectivity index is 3.15. The number of aliphatic carboxylic acids is 1. The molecule has 1 aromatic carbocycles. The third-order valence-corrected chi connectivity index (χ3v) is 2.70. The number of aryl methyl sites for hydroxylation is 1. The van der Waals surface area contributed by atoms with Gasteiger partial charge in [-0.05, 0) is 36.1 Å². The van der Waals surface area contributed by atoms with Crippen LogP contribution < -0.4 is 4.74 Å². The number of methoxy groups -OCH3 is 1. The van der Waals surface area contributed by atoms with Gasteiger partial charge in [0.05, 0.1) is 13.5 Å². The SMILES string of the molecule is COc1c(C)cc(Cl)cc1C(C)CC(=O)O. The Morgan fingerprint density at radius 1 is 1.56 bits per heavy atom. The number of hydrogen-bond donors (Lipinski definition) is 1. The predicted octanol–water partition coefficient (Wildman–Crippen LogP) is 3.24. The molecule has 0 heterocycles. The molecule has 0 saturated carbocycles. The van der Waals surface area contributed by atoms with Crippen LogP contribution in [0, 0.1) is 6.92 Å². The molecule has 1 N–H and O–H groups in total. The Kier molecular flexibility index (Phi) is 4.19. The minimum Gasteiger partial charge on any atom is -0.496 e. The van der Waals surface area contributed by atoms with E-state index in [0.717, 1.165) is 16.9 Å². The first-order chi connectivity index (χ1) is 7.45. The van der Waals surface area contributed by atoms with E-state index in [1.165, 1.54) is 0 Å². The molecule has 0 spiro atoms. The summed E-state index contributed by atoms with van der Waals surface area (Å²) in [5.41, 5.74) is 1.76. The van der Waals surface area contributed by atoms with Gasteiger partial charge in [0.25, 0.3) is 0 Å². The van der Waals surface area contributed by atoms with Gasteiger partial charge in [-0.25, -0.2) is 0 Å². The molecule has 0 amide bonds. The molecule has 1 atom stereocenters. The van der Waals surface area contributed by atoms with Gasteiger partial charge in [0, 0.05) is 5.02 Å². The van der Waals surface area contributed by atoms with E-state index in [0.29, 0.717) is 5.02 Å². The average molecular weight is 243 g/mol. The van der Waals surface area contributed by atoms with E-state index >= 15 is 0 Å². The molecule has 0 saturated heterocycles. The summed E-state index contributed by atoms with van der Waals surface area (Å²) >= 11 is 5.96. The normalized spacial score (nSPS) is 12.2. The highest BCUT2D eigenvalue weighted by Crippen LogP contribution is 2.34. The monoisotopic (exact) mass is 242 g/mol. The van der Waals surface area contributed by atoms with Crippen molar-refractivity contribution < 1.29 is 14.6 Å². The summed E-state index contributed by atoms with van der Waals surface area (Å²) < 4.78 is 5.28. The summed E-state index contributed by atoms with van der Waals surface area (Å²) in [5.74, 6) is -0.227. The number of benzene rings is 1. The summed E-state index contributed by atoms with van der Waals surface area (Å²) in [6, 6.07) is 3.57. The first kappa shape index (κ1) is 12.8. The topological polar surface area (TPSA) is 46.5 Å². The molecule has 0 aliphatic carbocycles. The lowest BCUT2D eigenvalue weighted by Gasteiger charge is -2.16. The molecule has 4 heteroatoms. The summed E-state index contributed by atoms with van der Waals surface area (Å²) in [5, 5.41) is 9.38. The summed E-state index contributed by atoms with van der Waals surface area (Å²) in [7, 11) is 1.58. The van der Waals surface area contributed by atoms with Crippen molar-refractivity contribution in [1.29, 1.82) is 0 Å². The minimum absolute atomic E-state index is 0.0656. The van der Waals surface area contributed by atoms with Crippen LogP contribution in [0.15, 0.2) is 12.1 Å². The molecule has 1 rings (SSSR count). The second-order valence-electron chi connectivity index (χ2n) is 3.84. The van der Waals surface area contributed by atoms with Crippen molar-refractivity contribution in [1.82, 2.24) is 0 Å². The Morgan fingerprint density at radius 2 is 2.19 bits per heavy atom. The predicted molar refractivity (Wildman–Crippen MR) is 63.4 cm³/mol. The van der Waals surface area contributed by atoms with Crippen LogP contribution in [0.1, 0.15) is 30.4 Å². The summed E-state index contributed by atoms with van der Waals surface area (Å²) in [6.07, 6.45) is 0.0656. The molecule has 1 unspecified atom stereocenters. The number of carbonyl (C=O) groups is 1. The summed E-state index contributed by atoms with van der Waals surface area (Å²) in [4.78, 5) is 10.7. The fraction of sp³-hybridized carbons (Fsp3) is 0.417. The van der Waals surface area contributed by atoms with Gasteiger partial charge < -0.3 is 9.84 Å². The zero-order valence-electron chi connectivity index (χ0n) is 9.58. The van der Waals surface area contributed by atoms with Crippen molar-refractivity contribution in [3.8, 4) is 5.75 Å². The first-order valence-electron chi connectivity index (χ1n) is 5.01. The quantitative estimate of drug-likeness (QED) is 0.882. The van der Waals surface area contributed by atoms with E-state index in [2.05, 4.69) is 0 Å². The van der Waals surface area contributed by atoms with Crippen LogP contribution in [0.4, 0.5) is 0 Å². The van der Waals surface area contributed by atoms with Gasteiger partial charge in [-0.3, -0.25) is 4.79 Å². The van der Waals surface area contributed by atoms with Crippen LogP contribution in [-0.4, -0.2) is 18.2 Å². The standard InChI is InChI=1S/C12H15ClO3/c1-7(5-11(14)15)10-6-9(13)4-8(2)12(10)16-3/h4,6-7H,5H2,1-3H3,(H,14,15). The van der Waals surface area contributed by atoms with Crippen LogP contribution in [0.25, 0.3) is 0 Å². The lowest BCUT2D eigenvalue weighted by atomic mass is 9.95. The largest absolute Gasteiger partial charge is 0.496 e. The number of carboxylic acid groups (broad SMARTS) is 1. The minimum atomic E-state index is -0.827. The molecule has 0 bridgehead atoms. The zero-order valence-corrected chi connectivity index (χ0v) is 10.3. The van der Waals surface area contributed by atoms with Gasteiger partial charge in [0.15, 0.2) is 0 Å². The van der Waals surface area contributed by atoms with E-state index in [1.807, 2.05) is 13.8 Å². The van der Waals surface area contributed by atoms with Gasteiger partial charge in [-0.15, -0.1) is 0 Å². The van der Waals surface area contributed by atoms with E-state index < -0.39 is 5.97 Å². The third-order valence-electron chi connectivity index (χ3n) is 2.48. The van der Waals surface area contributed by atoms with Crippen LogP contribution in [0.3, 0.4) is 0 Å². The zero-order chi connectivity index (χ0) is 12.3. The average Bonchev–Trinajstić information content (AvgIpc) is 2.15. The Labute approximate surface area is 100.0 Å². The molecular weight excluding hydrogens is 228 g/mol. The maximum atomic E-state index is 10.7. The van der Waals surface area contributed by atoms with Gasteiger partial charge in [-0.2, -0.15) is 0 Å². The van der Waals surface area contributed by atoms with Crippen LogP contribution in [-0.2, 0) is 4.79 Å². The molecule has 16 heavy (non-hydrogen) atoms. The van der Waals surface area contributed by atoms with Crippen molar-refractivity contribution in [3.63, 3.8) is 0 Å². The second-order valence-corrected chi connectivity index (χ2v) is 4.28. The highest BCUT2D eigenvalue weighted by atomic mass is 35.5. The Hall–Kier alpha value is -1.22. The van der Waals surface area contributed by atoms with Gasteiger partial charge >= 0.3 is 5.97 Å². The number of rotatable bonds is 4. The third kappa shape index (κ3) is 2.89. The van der Waals surface area contributed by atoms with Crippen molar-refractivity contribution in [2.45, 2.75) is 26.2 Å². The molecule has 0 radical (unpaired) electrons. The Bertz CT molecular complexity index is 401. The van der Waals surface area contributed by atoms with Crippen molar-refractivity contribution in [2.24, 2.45) is 0 Å². The lowest BCUT2D eigenvalue weighted by Crippen LogP contribution is -2.05. The molecule has 3 nitrogen and oxygen atoms in total. The van der Waals surface area contributed by atoms with E-state index in [4.69, 9.17) is 21.4 Å². The second kappa shape index (κ2) is 5.21. The molecule has 0 aromatic heterocycles. The molecule has 0 aliphatic heterocycles. The molecule has 88 valence electrons. The van der Waals surface area contributed by atoms with Crippen molar-refractivity contribution in [3.05, 3.63) is 28.3 Å².